The lowest BCUT2D eigenvalue weighted by Crippen LogP contribution is -2.31. The molecule has 1 aromatic carbocycles. The maximum Gasteiger partial charge on any atom is 0.295 e. The molecule has 0 radical (unpaired) electrons. The van der Waals surface area contributed by atoms with Gasteiger partial charge >= 0.3 is 0 Å². The molecule has 5 heteroatoms. The van der Waals surface area contributed by atoms with E-state index in [0.717, 1.165) is 32.5 Å². The van der Waals surface area contributed by atoms with Crippen molar-refractivity contribution in [2.45, 2.75) is 34.2 Å². The topological polar surface area (TPSA) is 46.3 Å². The molecular weight excluding hydrogens is 368 g/mol. The van der Waals surface area contributed by atoms with Crippen molar-refractivity contribution >= 4 is 34.0 Å². The molecule has 4 rings (SSSR count). The molecule has 0 aliphatic rings. The van der Waals surface area contributed by atoms with E-state index >= 15 is 0 Å². The zero-order chi connectivity index (χ0) is 19.8. The Balaban J connectivity index is 1.82. The van der Waals surface area contributed by atoms with Gasteiger partial charge < -0.3 is 4.42 Å². The zero-order valence-corrected chi connectivity index (χ0v) is 17.3. The number of pyridine rings is 1. The smallest absolute Gasteiger partial charge is 0.295 e. The maximum absolute atomic E-state index is 13.6. The Morgan fingerprint density at radius 3 is 2.57 bits per heavy atom. The average Bonchev–Trinajstić information content (AvgIpc) is 3.29. The van der Waals surface area contributed by atoms with Crippen LogP contribution in [0.15, 0.2) is 52.4 Å². The summed E-state index contributed by atoms with van der Waals surface area (Å²) in [4.78, 5) is 20.9. The molecule has 0 aliphatic carbocycles. The maximum atomic E-state index is 13.6. The Morgan fingerprint density at radius 1 is 1.07 bits per heavy atom. The minimum Gasteiger partial charge on any atom is -0.451 e. The summed E-state index contributed by atoms with van der Waals surface area (Å²) in [5.74, 6) is 0.869. The Labute approximate surface area is 168 Å². The van der Waals surface area contributed by atoms with Gasteiger partial charge in [0.15, 0.2) is 5.76 Å². The zero-order valence-electron chi connectivity index (χ0n) is 16.4. The first-order valence-corrected chi connectivity index (χ1v) is 10.1. The van der Waals surface area contributed by atoms with Crippen LogP contribution in [-0.2, 0) is 6.54 Å². The lowest BCUT2D eigenvalue weighted by Gasteiger charge is -2.22. The number of nitrogens with zero attached hydrogens (tertiary/aromatic N) is 2. The van der Waals surface area contributed by atoms with E-state index in [-0.39, 0.29) is 5.91 Å². The molecule has 3 heterocycles. The van der Waals surface area contributed by atoms with E-state index in [4.69, 9.17) is 4.42 Å². The number of anilines is 1. The summed E-state index contributed by atoms with van der Waals surface area (Å²) in [5.41, 5.74) is 4.90. The first kappa shape index (κ1) is 18.4. The van der Waals surface area contributed by atoms with Crippen LogP contribution in [0.2, 0.25) is 0 Å². The van der Waals surface area contributed by atoms with Gasteiger partial charge in [0, 0.05) is 22.0 Å². The number of aryl methyl sites for hydroxylation is 4. The Kier molecular flexibility index (Phi) is 4.77. The summed E-state index contributed by atoms with van der Waals surface area (Å²) in [6.07, 6.45) is 1.72. The van der Waals surface area contributed by atoms with Crippen LogP contribution in [0.5, 0.6) is 0 Å². The highest BCUT2D eigenvalue weighted by Gasteiger charge is 2.27. The Hall–Kier alpha value is -2.92. The second-order valence-corrected chi connectivity index (χ2v) is 8.14. The van der Waals surface area contributed by atoms with Crippen LogP contribution in [-0.4, -0.2) is 10.9 Å². The van der Waals surface area contributed by atoms with Crippen molar-refractivity contribution in [3.05, 3.63) is 80.9 Å². The van der Waals surface area contributed by atoms with E-state index in [1.165, 1.54) is 5.56 Å². The molecule has 3 aromatic heterocycles. The third-order valence-electron chi connectivity index (χ3n) is 5.12. The van der Waals surface area contributed by atoms with E-state index < -0.39 is 0 Å². The highest BCUT2D eigenvalue weighted by atomic mass is 32.1. The molecule has 142 valence electrons. The van der Waals surface area contributed by atoms with Gasteiger partial charge in [-0.1, -0.05) is 12.1 Å². The minimum atomic E-state index is -0.167. The number of aromatic nitrogens is 1. The SMILES string of the molecule is Cc1cc2oc(C(=O)N(Cc3cccs3)c3ncccc3C)c(C)c2cc1C. The van der Waals surface area contributed by atoms with Gasteiger partial charge in [0.1, 0.15) is 11.4 Å². The van der Waals surface area contributed by atoms with Gasteiger partial charge in [-0.3, -0.25) is 9.69 Å². The number of carbonyl (C=O) groups is 1. The Bertz CT molecular complexity index is 1160. The van der Waals surface area contributed by atoms with Crippen LogP contribution in [0.4, 0.5) is 5.82 Å². The van der Waals surface area contributed by atoms with Crippen molar-refractivity contribution in [1.29, 1.82) is 0 Å². The van der Waals surface area contributed by atoms with Crippen molar-refractivity contribution < 1.29 is 9.21 Å². The van der Waals surface area contributed by atoms with E-state index in [1.807, 2.05) is 49.6 Å². The van der Waals surface area contributed by atoms with Gasteiger partial charge in [-0.05, 0) is 74.0 Å². The molecule has 0 atom stereocenters. The van der Waals surface area contributed by atoms with Gasteiger partial charge in [-0.15, -0.1) is 11.3 Å². The molecule has 0 saturated carbocycles. The Morgan fingerprint density at radius 2 is 1.86 bits per heavy atom. The van der Waals surface area contributed by atoms with Gasteiger partial charge in [0.2, 0.25) is 0 Å². The molecule has 28 heavy (non-hydrogen) atoms. The number of rotatable bonds is 4. The predicted molar refractivity (Wildman–Crippen MR) is 114 cm³/mol. The molecule has 4 nitrogen and oxygen atoms in total. The quantitative estimate of drug-likeness (QED) is 0.431. The summed E-state index contributed by atoms with van der Waals surface area (Å²) in [6.45, 7) is 8.50. The predicted octanol–water partition coefficient (Wildman–Crippen LogP) is 5.97. The summed E-state index contributed by atoms with van der Waals surface area (Å²) in [7, 11) is 0. The van der Waals surface area contributed by atoms with Crippen LogP contribution >= 0.6 is 11.3 Å². The summed E-state index contributed by atoms with van der Waals surface area (Å²) >= 11 is 1.63. The normalized spacial score (nSPS) is 11.1. The molecule has 0 spiro atoms. The van der Waals surface area contributed by atoms with Crippen molar-refractivity contribution in [2.75, 3.05) is 4.90 Å². The molecule has 0 fully saturated rings. The number of benzene rings is 1. The second kappa shape index (κ2) is 7.24. The van der Waals surface area contributed by atoms with E-state index in [1.54, 1.807) is 22.4 Å². The first-order valence-electron chi connectivity index (χ1n) is 9.22. The molecule has 0 aliphatic heterocycles. The third kappa shape index (κ3) is 3.22. The van der Waals surface area contributed by atoms with Gasteiger partial charge in [0.25, 0.3) is 5.91 Å². The molecule has 1 amide bonds. The summed E-state index contributed by atoms with van der Waals surface area (Å²) in [6, 6.07) is 12.0. The first-order chi connectivity index (χ1) is 13.5. The van der Waals surface area contributed by atoms with E-state index in [2.05, 4.69) is 24.9 Å². The number of furan rings is 1. The van der Waals surface area contributed by atoms with E-state index in [9.17, 15) is 4.79 Å². The number of carbonyl (C=O) groups excluding carboxylic acids is 1. The molecule has 4 aromatic rings. The van der Waals surface area contributed by atoms with Crippen LogP contribution in [0.25, 0.3) is 11.0 Å². The minimum absolute atomic E-state index is 0.167. The number of hydrogen-bond donors (Lipinski definition) is 0. The standard InChI is InChI=1S/C23H22N2O2S/c1-14-7-5-9-24-22(14)25(13-18-8-6-10-28-18)23(26)21-17(4)19-11-15(2)16(3)12-20(19)27-21/h5-12H,13H2,1-4H3. The summed E-state index contributed by atoms with van der Waals surface area (Å²) < 4.78 is 6.04. The van der Waals surface area contributed by atoms with Gasteiger partial charge in [-0.2, -0.15) is 0 Å². The van der Waals surface area contributed by atoms with Crippen molar-refractivity contribution in [1.82, 2.24) is 4.98 Å². The second-order valence-electron chi connectivity index (χ2n) is 7.10. The lowest BCUT2D eigenvalue weighted by molar-refractivity contribution is 0.0959. The van der Waals surface area contributed by atoms with Gasteiger partial charge in [0.05, 0.1) is 6.54 Å². The summed E-state index contributed by atoms with van der Waals surface area (Å²) in [5, 5.41) is 3.00. The molecule has 0 saturated heterocycles. The fraction of sp³-hybridized carbons (Fsp3) is 0.217. The number of fused-ring (bicyclic) bond motifs is 1. The number of thiophene rings is 1. The highest BCUT2D eigenvalue weighted by Crippen LogP contribution is 2.31. The number of hydrogen-bond acceptors (Lipinski definition) is 4. The van der Waals surface area contributed by atoms with Crippen molar-refractivity contribution in [2.24, 2.45) is 0 Å². The van der Waals surface area contributed by atoms with Crippen LogP contribution in [0, 0.1) is 27.7 Å². The molecular formula is C23H22N2O2S. The van der Waals surface area contributed by atoms with Crippen LogP contribution in [0.3, 0.4) is 0 Å². The number of amides is 1. The van der Waals surface area contributed by atoms with Crippen LogP contribution in [0.1, 0.15) is 37.7 Å². The van der Waals surface area contributed by atoms with Crippen molar-refractivity contribution in [3.63, 3.8) is 0 Å². The van der Waals surface area contributed by atoms with Crippen molar-refractivity contribution in [3.8, 4) is 0 Å². The van der Waals surface area contributed by atoms with Gasteiger partial charge in [-0.25, -0.2) is 4.98 Å². The highest BCUT2D eigenvalue weighted by molar-refractivity contribution is 7.09. The molecule has 0 N–H and O–H groups in total. The molecule has 0 bridgehead atoms. The lowest BCUT2D eigenvalue weighted by atomic mass is 10.0. The fourth-order valence-electron chi connectivity index (χ4n) is 3.36. The molecule has 0 unspecified atom stereocenters. The third-order valence-corrected chi connectivity index (χ3v) is 5.98. The average molecular weight is 391 g/mol. The van der Waals surface area contributed by atoms with E-state index in [0.29, 0.717) is 18.1 Å². The monoisotopic (exact) mass is 390 g/mol. The largest absolute Gasteiger partial charge is 0.451 e. The fourth-order valence-corrected chi connectivity index (χ4v) is 4.06. The van der Waals surface area contributed by atoms with Crippen LogP contribution < -0.4 is 4.90 Å².